The minimum Gasteiger partial charge on any atom is -0.339 e. The molecule has 0 saturated carbocycles. The minimum atomic E-state index is -4.61. The number of piperazine rings is 1. The van der Waals surface area contributed by atoms with E-state index in [1.165, 1.54) is 12.1 Å². The van der Waals surface area contributed by atoms with Crippen molar-refractivity contribution in [2.45, 2.75) is 39.0 Å². The van der Waals surface area contributed by atoms with E-state index in [4.69, 9.17) is 0 Å². The maximum absolute atomic E-state index is 12.9. The Balaban J connectivity index is 1.41. The molecule has 3 heterocycles. The number of nitrogens with zero attached hydrogens (tertiary/aromatic N) is 5. The van der Waals surface area contributed by atoms with Gasteiger partial charge in [0.2, 0.25) is 5.91 Å². The van der Waals surface area contributed by atoms with Gasteiger partial charge in [0.15, 0.2) is 5.78 Å². The van der Waals surface area contributed by atoms with Crippen LogP contribution in [0, 0.1) is 0 Å². The molecule has 1 aliphatic rings. The van der Waals surface area contributed by atoms with Gasteiger partial charge in [0.1, 0.15) is 17.9 Å². The van der Waals surface area contributed by atoms with E-state index >= 15 is 0 Å². The van der Waals surface area contributed by atoms with E-state index in [9.17, 15) is 22.8 Å². The van der Waals surface area contributed by atoms with Gasteiger partial charge in [0.25, 0.3) is 0 Å². The summed E-state index contributed by atoms with van der Waals surface area (Å²) in [5.74, 6) is -0.504. The van der Waals surface area contributed by atoms with E-state index in [1.807, 2.05) is 4.90 Å². The van der Waals surface area contributed by atoms with Crippen molar-refractivity contribution in [3.63, 3.8) is 0 Å². The van der Waals surface area contributed by atoms with E-state index in [0.717, 1.165) is 24.5 Å². The number of amides is 1. The lowest BCUT2D eigenvalue weighted by atomic mass is 10.0. The fraction of sp³-hybridized carbons (Fsp3) is 0.417. The van der Waals surface area contributed by atoms with Crippen molar-refractivity contribution >= 4 is 22.6 Å². The van der Waals surface area contributed by atoms with Gasteiger partial charge in [-0.15, -0.1) is 0 Å². The number of carbonyl (C=O) groups is 2. The summed E-state index contributed by atoms with van der Waals surface area (Å²) in [6.07, 6.45) is -2.95. The van der Waals surface area contributed by atoms with Crippen LogP contribution in [0.3, 0.4) is 0 Å². The summed E-state index contributed by atoms with van der Waals surface area (Å²) in [7, 11) is 0. The fourth-order valence-electron chi connectivity index (χ4n) is 4.07. The van der Waals surface area contributed by atoms with Gasteiger partial charge >= 0.3 is 6.18 Å². The highest BCUT2D eigenvalue weighted by molar-refractivity contribution is 5.96. The predicted octanol–water partition coefficient (Wildman–Crippen LogP) is 3.43. The monoisotopic (exact) mass is 473 g/mol. The third-order valence-electron chi connectivity index (χ3n) is 6.00. The summed E-state index contributed by atoms with van der Waals surface area (Å²) in [6, 6.07) is 8.95. The number of carbonyl (C=O) groups excluding carboxylic acids is 2. The Hall–Kier alpha value is -3.27. The topological polar surface area (TPSA) is 71.3 Å². The molecule has 3 aromatic rings. The first-order valence-corrected chi connectivity index (χ1v) is 11.2. The van der Waals surface area contributed by atoms with Gasteiger partial charge in [-0.1, -0.05) is 12.1 Å². The van der Waals surface area contributed by atoms with Gasteiger partial charge in [-0.25, -0.2) is 4.98 Å². The highest BCUT2D eigenvalue weighted by Gasteiger charge is 2.33. The maximum Gasteiger partial charge on any atom is 0.433 e. The van der Waals surface area contributed by atoms with E-state index in [-0.39, 0.29) is 24.6 Å². The zero-order chi connectivity index (χ0) is 24.5. The van der Waals surface area contributed by atoms with Crippen molar-refractivity contribution in [1.82, 2.24) is 24.6 Å². The average molecular weight is 473 g/mol. The lowest BCUT2D eigenvalue weighted by Crippen LogP contribution is -2.51. The second kappa shape index (κ2) is 9.54. The molecule has 0 bridgehead atoms. The SMILES string of the molecule is CC(C)N1CCN(C(=O)Cn2cc3cc(CC(=O)c4cccc(C(F)(F)F)n4)ccc3n2)CC1. The molecule has 1 aliphatic heterocycles. The minimum absolute atomic E-state index is 0.00207. The van der Waals surface area contributed by atoms with Crippen molar-refractivity contribution in [1.29, 1.82) is 0 Å². The third-order valence-corrected chi connectivity index (χ3v) is 6.00. The summed E-state index contributed by atoms with van der Waals surface area (Å²) >= 11 is 0. The Kier molecular flexibility index (Phi) is 6.70. The number of halogens is 3. The lowest BCUT2D eigenvalue weighted by molar-refractivity contribution is -0.141. The second-order valence-corrected chi connectivity index (χ2v) is 8.74. The number of alkyl halides is 3. The Morgan fingerprint density at radius 1 is 1.06 bits per heavy atom. The van der Waals surface area contributed by atoms with Crippen LogP contribution in [0.2, 0.25) is 0 Å². The fourth-order valence-corrected chi connectivity index (χ4v) is 4.07. The molecule has 10 heteroatoms. The summed E-state index contributed by atoms with van der Waals surface area (Å²) < 4.78 is 40.2. The number of hydrogen-bond donors (Lipinski definition) is 0. The highest BCUT2D eigenvalue weighted by atomic mass is 19.4. The lowest BCUT2D eigenvalue weighted by Gasteiger charge is -2.36. The van der Waals surface area contributed by atoms with Crippen molar-refractivity contribution in [2.24, 2.45) is 0 Å². The van der Waals surface area contributed by atoms with Gasteiger partial charge in [-0.3, -0.25) is 19.2 Å². The molecule has 1 fully saturated rings. The first-order chi connectivity index (χ1) is 16.1. The van der Waals surface area contributed by atoms with Crippen LogP contribution >= 0.6 is 0 Å². The second-order valence-electron chi connectivity index (χ2n) is 8.74. The molecule has 0 unspecified atom stereocenters. The number of pyridine rings is 1. The van der Waals surface area contributed by atoms with Crippen LogP contribution in [0.1, 0.15) is 35.6 Å². The van der Waals surface area contributed by atoms with Crippen LogP contribution in [0.25, 0.3) is 10.9 Å². The molecule has 0 N–H and O–H groups in total. The molecular formula is C24H26F3N5O2. The van der Waals surface area contributed by atoms with Gasteiger partial charge < -0.3 is 4.90 Å². The predicted molar refractivity (Wildman–Crippen MR) is 120 cm³/mol. The van der Waals surface area contributed by atoms with Crippen LogP contribution < -0.4 is 0 Å². The Morgan fingerprint density at radius 3 is 2.47 bits per heavy atom. The van der Waals surface area contributed by atoms with Crippen molar-refractivity contribution in [3.05, 3.63) is 59.5 Å². The molecule has 0 aliphatic carbocycles. The summed E-state index contributed by atoms with van der Waals surface area (Å²) in [5.41, 5.74) is -0.0163. The molecule has 1 amide bonds. The third kappa shape index (κ3) is 5.44. The number of aromatic nitrogens is 3. The van der Waals surface area contributed by atoms with Gasteiger partial charge in [-0.2, -0.15) is 18.3 Å². The Labute approximate surface area is 195 Å². The van der Waals surface area contributed by atoms with E-state index in [1.54, 1.807) is 29.1 Å². The number of ketones is 1. The average Bonchev–Trinajstić information content (AvgIpc) is 3.20. The molecule has 1 saturated heterocycles. The molecule has 1 aromatic carbocycles. The largest absolute Gasteiger partial charge is 0.433 e. The van der Waals surface area contributed by atoms with Crippen LogP contribution in [-0.2, 0) is 23.9 Å². The van der Waals surface area contributed by atoms with Crippen molar-refractivity contribution in [2.75, 3.05) is 26.2 Å². The smallest absolute Gasteiger partial charge is 0.339 e. The quantitative estimate of drug-likeness (QED) is 0.513. The summed E-state index contributed by atoms with van der Waals surface area (Å²) in [6.45, 7) is 7.49. The van der Waals surface area contributed by atoms with Crippen LogP contribution in [0.5, 0.6) is 0 Å². The summed E-state index contributed by atoms with van der Waals surface area (Å²) in [5, 5.41) is 5.19. The van der Waals surface area contributed by atoms with Crippen molar-refractivity contribution < 1.29 is 22.8 Å². The number of rotatable bonds is 6. The first kappa shape index (κ1) is 23.9. The van der Waals surface area contributed by atoms with Crippen LogP contribution in [0.4, 0.5) is 13.2 Å². The molecule has 0 radical (unpaired) electrons. The van der Waals surface area contributed by atoms with E-state index < -0.39 is 17.7 Å². The number of fused-ring (bicyclic) bond motifs is 1. The molecule has 0 spiro atoms. The number of Topliss-reactive ketones (excluding diaryl/α,β-unsaturated/α-hetero) is 1. The Morgan fingerprint density at radius 2 is 1.79 bits per heavy atom. The zero-order valence-electron chi connectivity index (χ0n) is 19.0. The highest BCUT2D eigenvalue weighted by Crippen LogP contribution is 2.27. The molecule has 0 atom stereocenters. The van der Waals surface area contributed by atoms with Gasteiger partial charge in [0, 0.05) is 50.2 Å². The standard InChI is InChI=1S/C24H26F3N5O2/c1-16(2)30-8-10-31(11-9-30)23(34)15-32-14-18-12-17(6-7-19(18)29-32)13-21(33)20-4-3-5-22(28-20)24(25,26)27/h3-7,12,14,16H,8-11,13,15H2,1-2H3. The molecular weight excluding hydrogens is 447 g/mol. The van der Waals surface area contributed by atoms with Gasteiger partial charge in [0.05, 0.1) is 5.52 Å². The van der Waals surface area contributed by atoms with Crippen LogP contribution in [-0.4, -0.2) is 68.5 Å². The molecule has 4 rings (SSSR count). The molecule has 7 nitrogen and oxygen atoms in total. The molecule has 34 heavy (non-hydrogen) atoms. The number of hydrogen-bond acceptors (Lipinski definition) is 5. The summed E-state index contributed by atoms with van der Waals surface area (Å²) in [4.78, 5) is 32.9. The van der Waals surface area contributed by atoms with E-state index in [2.05, 4.69) is 28.8 Å². The Bertz CT molecular complexity index is 1200. The maximum atomic E-state index is 12.9. The zero-order valence-corrected chi connectivity index (χ0v) is 19.0. The van der Waals surface area contributed by atoms with E-state index in [0.29, 0.717) is 30.2 Å². The van der Waals surface area contributed by atoms with Gasteiger partial charge in [-0.05, 0) is 43.7 Å². The van der Waals surface area contributed by atoms with Crippen LogP contribution in [0.15, 0.2) is 42.6 Å². The first-order valence-electron chi connectivity index (χ1n) is 11.2. The molecule has 2 aromatic heterocycles. The number of benzene rings is 1. The molecule has 180 valence electrons. The van der Waals surface area contributed by atoms with Crippen molar-refractivity contribution in [3.8, 4) is 0 Å². The normalized spacial score (nSPS) is 15.3.